The number of nitrogens with zero attached hydrogens (tertiary/aromatic N) is 2. The van der Waals surface area contributed by atoms with E-state index in [0.29, 0.717) is 0 Å². The Morgan fingerprint density at radius 1 is 1.10 bits per heavy atom. The highest BCUT2D eigenvalue weighted by molar-refractivity contribution is 5.84. The molecule has 0 radical (unpaired) electrons. The molecular weight excluding hydrogens is 262 g/mol. The van der Waals surface area contributed by atoms with Gasteiger partial charge < -0.3 is 10.1 Å². The summed E-state index contributed by atoms with van der Waals surface area (Å²) in [5.41, 5.74) is 2.91. The third kappa shape index (κ3) is 2.85. The summed E-state index contributed by atoms with van der Waals surface area (Å²) in [6, 6.07) is 12.0. The number of hydrogen-bond donors (Lipinski definition) is 1. The molecule has 0 saturated carbocycles. The fourth-order valence-electron chi connectivity index (χ4n) is 2.26. The first-order chi connectivity index (χ1) is 10.3. The van der Waals surface area contributed by atoms with Crippen molar-refractivity contribution in [2.75, 3.05) is 7.05 Å². The minimum atomic E-state index is 0.731. The first kappa shape index (κ1) is 13.5. The van der Waals surface area contributed by atoms with Gasteiger partial charge in [-0.3, -0.25) is 4.98 Å². The fourth-order valence-corrected chi connectivity index (χ4v) is 2.26. The second-order valence-electron chi connectivity index (χ2n) is 4.90. The van der Waals surface area contributed by atoms with Crippen molar-refractivity contribution in [2.45, 2.75) is 13.5 Å². The molecule has 0 aliphatic rings. The average Bonchev–Trinajstić information content (AvgIpc) is 2.50. The van der Waals surface area contributed by atoms with Crippen molar-refractivity contribution in [3.05, 3.63) is 60.0 Å². The maximum absolute atomic E-state index is 6.07. The molecule has 1 aromatic carbocycles. The molecule has 0 amide bonds. The molecule has 4 heteroatoms. The molecule has 21 heavy (non-hydrogen) atoms. The van der Waals surface area contributed by atoms with Crippen molar-refractivity contribution < 1.29 is 4.74 Å². The molecule has 0 fully saturated rings. The number of fused-ring (bicyclic) bond motifs is 1. The lowest BCUT2D eigenvalue weighted by molar-refractivity contribution is 0.476. The van der Waals surface area contributed by atoms with Crippen LogP contribution in [-0.4, -0.2) is 17.0 Å². The number of aromatic nitrogens is 2. The highest BCUT2D eigenvalue weighted by Gasteiger charge is 2.08. The van der Waals surface area contributed by atoms with E-state index in [9.17, 15) is 0 Å². The Morgan fingerprint density at radius 2 is 2.00 bits per heavy atom. The van der Waals surface area contributed by atoms with Gasteiger partial charge in [0.1, 0.15) is 11.3 Å². The molecule has 0 atom stereocenters. The Morgan fingerprint density at radius 3 is 2.86 bits per heavy atom. The summed E-state index contributed by atoms with van der Waals surface area (Å²) < 4.78 is 6.07. The van der Waals surface area contributed by atoms with Crippen LogP contribution < -0.4 is 10.1 Å². The molecule has 0 saturated heterocycles. The van der Waals surface area contributed by atoms with Gasteiger partial charge in [-0.1, -0.05) is 18.2 Å². The number of nitrogens with one attached hydrogen (secondary N) is 1. The van der Waals surface area contributed by atoms with E-state index in [1.807, 2.05) is 44.3 Å². The maximum Gasteiger partial charge on any atom is 0.153 e. The van der Waals surface area contributed by atoms with Crippen LogP contribution in [0.3, 0.4) is 0 Å². The van der Waals surface area contributed by atoms with E-state index in [4.69, 9.17) is 4.74 Å². The summed E-state index contributed by atoms with van der Waals surface area (Å²) in [6.07, 6.45) is 3.51. The number of pyridine rings is 2. The van der Waals surface area contributed by atoms with Crippen molar-refractivity contribution in [1.82, 2.24) is 15.3 Å². The lowest BCUT2D eigenvalue weighted by Gasteiger charge is -2.12. The monoisotopic (exact) mass is 279 g/mol. The van der Waals surface area contributed by atoms with Gasteiger partial charge in [0, 0.05) is 29.4 Å². The lowest BCUT2D eigenvalue weighted by atomic mass is 10.2. The van der Waals surface area contributed by atoms with Crippen LogP contribution in [0.5, 0.6) is 11.5 Å². The van der Waals surface area contributed by atoms with E-state index < -0.39 is 0 Å². The molecule has 2 heterocycles. The van der Waals surface area contributed by atoms with Gasteiger partial charge in [0.05, 0.1) is 6.20 Å². The van der Waals surface area contributed by atoms with Crippen molar-refractivity contribution in [3.63, 3.8) is 0 Å². The highest BCUT2D eigenvalue weighted by atomic mass is 16.5. The van der Waals surface area contributed by atoms with Gasteiger partial charge in [0.2, 0.25) is 0 Å². The third-order valence-corrected chi connectivity index (χ3v) is 3.28. The van der Waals surface area contributed by atoms with E-state index in [-0.39, 0.29) is 0 Å². The smallest absolute Gasteiger partial charge is 0.153 e. The Balaban J connectivity index is 2.04. The molecule has 106 valence electrons. The molecule has 0 unspecified atom stereocenters. The Kier molecular flexibility index (Phi) is 3.79. The zero-order valence-electron chi connectivity index (χ0n) is 12.1. The number of ether oxygens (including phenoxy) is 1. The van der Waals surface area contributed by atoms with E-state index in [1.165, 1.54) is 0 Å². The van der Waals surface area contributed by atoms with Gasteiger partial charge >= 0.3 is 0 Å². The normalized spacial score (nSPS) is 10.8. The number of aryl methyl sites for hydroxylation is 1. The number of para-hydroxylation sites is 1. The highest BCUT2D eigenvalue weighted by Crippen LogP contribution is 2.30. The quantitative estimate of drug-likeness (QED) is 0.794. The summed E-state index contributed by atoms with van der Waals surface area (Å²) in [5, 5.41) is 4.20. The van der Waals surface area contributed by atoms with Gasteiger partial charge in [0.15, 0.2) is 5.75 Å². The van der Waals surface area contributed by atoms with Crippen LogP contribution in [0.2, 0.25) is 0 Å². The Bertz CT molecular complexity index is 771. The van der Waals surface area contributed by atoms with Crippen LogP contribution in [-0.2, 0) is 6.54 Å². The van der Waals surface area contributed by atoms with Gasteiger partial charge in [-0.2, -0.15) is 0 Å². The van der Waals surface area contributed by atoms with Crippen molar-refractivity contribution in [1.29, 1.82) is 0 Å². The first-order valence-corrected chi connectivity index (χ1v) is 6.89. The molecule has 2 aromatic heterocycles. The summed E-state index contributed by atoms with van der Waals surface area (Å²) in [7, 11) is 1.91. The van der Waals surface area contributed by atoms with Crippen LogP contribution >= 0.6 is 0 Å². The second kappa shape index (κ2) is 5.89. The fraction of sp³-hybridized carbons (Fsp3) is 0.176. The minimum Gasteiger partial charge on any atom is -0.453 e. The number of rotatable bonds is 4. The van der Waals surface area contributed by atoms with Crippen molar-refractivity contribution in [3.8, 4) is 11.5 Å². The van der Waals surface area contributed by atoms with Gasteiger partial charge in [0.25, 0.3) is 0 Å². The first-order valence-electron chi connectivity index (χ1n) is 6.89. The SMILES string of the molecule is CNCc1ccncc1Oc1cccc2ccc(C)nc12. The molecule has 3 aromatic rings. The number of benzene rings is 1. The molecule has 0 spiro atoms. The van der Waals surface area contributed by atoms with Crippen molar-refractivity contribution >= 4 is 10.9 Å². The van der Waals surface area contributed by atoms with Crippen LogP contribution in [0.25, 0.3) is 10.9 Å². The Labute approximate surface area is 123 Å². The summed E-state index contributed by atoms with van der Waals surface area (Å²) in [4.78, 5) is 8.73. The van der Waals surface area contributed by atoms with Crippen molar-refractivity contribution in [2.24, 2.45) is 0 Å². The zero-order chi connectivity index (χ0) is 14.7. The van der Waals surface area contributed by atoms with E-state index in [1.54, 1.807) is 12.4 Å². The van der Waals surface area contributed by atoms with Crippen LogP contribution in [0.4, 0.5) is 0 Å². The summed E-state index contributed by atoms with van der Waals surface area (Å²) >= 11 is 0. The molecule has 4 nitrogen and oxygen atoms in total. The Hall–Kier alpha value is -2.46. The van der Waals surface area contributed by atoms with Gasteiger partial charge in [-0.15, -0.1) is 0 Å². The molecule has 0 aliphatic heterocycles. The van der Waals surface area contributed by atoms with Crippen LogP contribution in [0, 0.1) is 6.92 Å². The van der Waals surface area contributed by atoms with Gasteiger partial charge in [-0.05, 0) is 32.2 Å². The molecule has 0 bridgehead atoms. The third-order valence-electron chi connectivity index (χ3n) is 3.28. The standard InChI is InChI=1S/C17H17N3O/c1-12-6-7-13-4-3-5-15(17(13)20-12)21-16-11-19-9-8-14(16)10-18-2/h3-9,11,18H,10H2,1-2H3. The minimum absolute atomic E-state index is 0.731. The van der Waals surface area contributed by atoms with Gasteiger partial charge in [-0.25, -0.2) is 4.98 Å². The molecule has 1 N–H and O–H groups in total. The largest absolute Gasteiger partial charge is 0.453 e. The van der Waals surface area contributed by atoms with E-state index in [2.05, 4.69) is 21.4 Å². The summed E-state index contributed by atoms with van der Waals surface area (Å²) in [6.45, 7) is 2.71. The number of hydrogen-bond acceptors (Lipinski definition) is 4. The molecule has 0 aliphatic carbocycles. The molecule has 3 rings (SSSR count). The molecular formula is C17H17N3O. The second-order valence-corrected chi connectivity index (χ2v) is 4.90. The summed E-state index contributed by atoms with van der Waals surface area (Å²) in [5.74, 6) is 1.50. The maximum atomic E-state index is 6.07. The van der Waals surface area contributed by atoms with Crippen LogP contribution in [0.1, 0.15) is 11.3 Å². The van der Waals surface area contributed by atoms with E-state index >= 15 is 0 Å². The van der Waals surface area contributed by atoms with E-state index in [0.717, 1.165) is 40.2 Å². The predicted molar refractivity (Wildman–Crippen MR) is 83.6 cm³/mol. The average molecular weight is 279 g/mol. The lowest BCUT2D eigenvalue weighted by Crippen LogP contribution is -2.06. The zero-order valence-corrected chi connectivity index (χ0v) is 12.1. The van der Waals surface area contributed by atoms with Crippen LogP contribution in [0.15, 0.2) is 48.8 Å². The topological polar surface area (TPSA) is 47.0 Å². The predicted octanol–water partition coefficient (Wildman–Crippen LogP) is 3.45.